The molecule has 0 aromatic carbocycles. The van der Waals surface area contributed by atoms with E-state index in [4.69, 9.17) is 0 Å². The Kier molecular flexibility index (Phi) is 3.99. The Morgan fingerprint density at radius 2 is 2.19 bits per heavy atom. The Morgan fingerprint density at radius 3 is 2.69 bits per heavy atom. The quantitative estimate of drug-likeness (QED) is 0.625. The molecule has 2 amide bonds. The Labute approximate surface area is 93.2 Å². The van der Waals surface area contributed by atoms with E-state index in [9.17, 15) is 18.0 Å². The van der Waals surface area contributed by atoms with Gasteiger partial charge in [0.1, 0.15) is 15.5 Å². The molecule has 1 heterocycles. The van der Waals surface area contributed by atoms with Crippen LogP contribution in [0, 0.1) is 0 Å². The number of nitrogens with zero attached hydrogens (tertiary/aromatic N) is 1. The van der Waals surface area contributed by atoms with Crippen molar-refractivity contribution in [3.63, 3.8) is 0 Å². The van der Waals surface area contributed by atoms with Crippen molar-refractivity contribution in [1.82, 2.24) is 10.7 Å². The predicted molar refractivity (Wildman–Crippen MR) is 57.5 cm³/mol. The summed E-state index contributed by atoms with van der Waals surface area (Å²) >= 11 is 0. The van der Waals surface area contributed by atoms with Crippen molar-refractivity contribution < 1.29 is 18.0 Å². The van der Waals surface area contributed by atoms with Gasteiger partial charge in [-0.3, -0.25) is 9.59 Å². The van der Waals surface area contributed by atoms with Gasteiger partial charge < -0.3 is 5.32 Å². The first kappa shape index (κ1) is 12.6. The fourth-order valence-corrected chi connectivity index (χ4v) is 1.56. The van der Waals surface area contributed by atoms with E-state index < -0.39 is 15.7 Å². The molecule has 1 aliphatic rings. The molecule has 0 aliphatic carbocycles. The lowest BCUT2D eigenvalue weighted by Crippen LogP contribution is -2.38. The van der Waals surface area contributed by atoms with Gasteiger partial charge in [0.25, 0.3) is 5.91 Å². The Morgan fingerprint density at radius 1 is 1.50 bits per heavy atom. The zero-order chi connectivity index (χ0) is 12.2. The molecule has 0 saturated heterocycles. The second kappa shape index (κ2) is 5.06. The van der Waals surface area contributed by atoms with Crippen LogP contribution in [-0.4, -0.2) is 44.5 Å². The summed E-state index contributed by atoms with van der Waals surface area (Å²) in [6.45, 7) is 0.0463. The van der Waals surface area contributed by atoms with Crippen LogP contribution in [0.1, 0.15) is 12.8 Å². The molecule has 0 unspecified atom stereocenters. The normalized spacial score (nSPS) is 16.3. The summed E-state index contributed by atoms with van der Waals surface area (Å²) in [6, 6.07) is 0. The maximum Gasteiger partial charge on any atom is 0.267 e. The van der Waals surface area contributed by atoms with Crippen molar-refractivity contribution >= 4 is 27.4 Å². The van der Waals surface area contributed by atoms with E-state index in [1.807, 2.05) is 0 Å². The lowest BCUT2D eigenvalue weighted by molar-refractivity contribution is -0.121. The summed E-state index contributed by atoms with van der Waals surface area (Å²) in [5, 5.41) is 6.00. The van der Waals surface area contributed by atoms with E-state index in [1.165, 1.54) is 0 Å². The van der Waals surface area contributed by atoms with E-state index in [0.717, 1.165) is 6.26 Å². The van der Waals surface area contributed by atoms with Gasteiger partial charge in [-0.15, -0.1) is 0 Å². The lowest BCUT2D eigenvalue weighted by Gasteiger charge is -2.11. The van der Waals surface area contributed by atoms with Gasteiger partial charge in [0, 0.05) is 25.6 Å². The van der Waals surface area contributed by atoms with Gasteiger partial charge in [0.05, 0.1) is 5.75 Å². The van der Waals surface area contributed by atoms with Crippen molar-refractivity contribution in [2.45, 2.75) is 12.8 Å². The molecule has 16 heavy (non-hydrogen) atoms. The number of carbonyl (C=O) groups excluding carboxylic acids is 2. The van der Waals surface area contributed by atoms with E-state index in [1.54, 1.807) is 0 Å². The third-order valence-electron chi connectivity index (χ3n) is 1.92. The van der Waals surface area contributed by atoms with Crippen LogP contribution in [0.3, 0.4) is 0 Å². The Balaban J connectivity index is 2.39. The zero-order valence-corrected chi connectivity index (χ0v) is 9.63. The Hall–Kier alpha value is -1.44. The van der Waals surface area contributed by atoms with Crippen molar-refractivity contribution in [2.24, 2.45) is 5.10 Å². The number of carbonyl (C=O) groups is 2. The third kappa shape index (κ3) is 4.39. The van der Waals surface area contributed by atoms with Gasteiger partial charge >= 0.3 is 0 Å². The molecule has 1 rings (SSSR count). The molecule has 90 valence electrons. The van der Waals surface area contributed by atoms with E-state index >= 15 is 0 Å². The summed E-state index contributed by atoms with van der Waals surface area (Å²) < 4.78 is 21.6. The first-order valence-corrected chi connectivity index (χ1v) is 6.76. The van der Waals surface area contributed by atoms with Crippen LogP contribution in [0.25, 0.3) is 0 Å². The molecule has 0 aromatic heterocycles. The molecule has 1 aliphatic heterocycles. The zero-order valence-electron chi connectivity index (χ0n) is 8.82. The summed E-state index contributed by atoms with van der Waals surface area (Å²) in [4.78, 5) is 22.2. The monoisotopic (exact) mass is 247 g/mol. The average molecular weight is 247 g/mol. The minimum absolute atomic E-state index is 0.0463. The second-order valence-electron chi connectivity index (χ2n) is 3.48. The molecular formula is C8H13N3O4S. The standard InChI is InChI=1S/C8H13N3O4S/c1-16(14,15)5-4-9-8(13)6-2-3-7(12)11-10-6/h2-5H2,1H3,(H,9,13)(H,11,12). The number of hydrazone groups is 1. The van der Waals surface area contributed by atoms with Gasteiger partial charge in [-0.2, -0.15) is 5.10 Å². The highest BCUT2D eigenvalue weighted by molar-refractivity contribution is 7.90. The summed E-state index contributed by atoms with van der Waals surface area (Å²) in [5.41, 5.74) is 2.41. The largest absolute Gasteiger partial charge is 0.350 e. The van der Waals surface area contributed by atoms with Crippen LogP contribution >= 0.6 is 0 Å². The number of hydrogen-bond acceptors (Lipinski definition) is 5. The SMILES string of the molecule is CS(=O)(=O)CCNC(=O)C1=NNC(=O)CC1. The van der Waals surface area contributed by atoms with Crippen LogP contribution < -0.4 is 10.7 Å². The minimum Gasteiger partial charge on any atom is -0.350 e. The summed E-state index contributed by atoms with van der Waals surface area (Å²) in [6.07, 6.45) is 1.59. The van der Waals surface area contributed by atoms with E-state index in [-0.39, 0.29) is 36.8 Å². The average Bonchev–Trinajstić information content (AvgIpc) is 2.16. The minimum atomic E-state index is -3.08. The van der Waals surface area contributed by atoms with Gasteiger partial charge in [-0.25, -0.2) is 13.8 Å². The van der Waals surface area contributed by atoms with Crippen LogP contribution in [0.15, 0.2) is 5.10 Å². The molecule has 7 nitrogen and oxygen atoms in total. The number of rotatable bonds is 4. The number of nitrogens with one attached hydrogen (secondary N) is 2. The lowest BCUT2D eigenvalue weighted by atomic mass is 10.2. The molecule has 0 fully saturated rings. The molecule has 0 spiro atoms. The molecule has 0 aromatic rings. The highest BCUT2D eigenvalue weighted by Gasteiger charge is 2.17. The molecule has 0 saturated carbocycles. The van der Waals surface area contributed by atoms with Crippen molar-refractivity contribution in [3.8, 4) is 0 Å². The topological polar surface area (TPSA) is 105 Å². The van der Waals surface area contributed by atoms with Crippen LogP contribution in [0.5, 0.6) is 0 Å². The smallest absolute Gasteiger partial charge is 0.267 e. The second-order valence-corrected chi connectivity index (χ2v) is 5.74. The molecule has 0 radical (unpaired) electrons. The Bertz CT molecular complexity index is 427. The maximum absolute atomic E-state index is 11.4. The number of sulfone groups is 1. The predicted octanol–water partition coefficient (Wildman–Crippen LogP) is -1.59. The molecular weight excluding hydrogens is 234 g/mol. The van der Waals surface area contributed by atoms with Crippen molar-refractivity contribution in [2.75, 3.05) is 18.6 Å². The molecule has 8 heteroatoms. The van der Waals surface area contributed by atoms with Crippen molar-refractivity contribution in [3.05, 3.63) is 0 Å². The molecule has 0 atom stereocenters. The van der Waals surface area contributed by atoms with Gasteiger partial charge in [-0.05, 0) is 0 Å². The first-order chi connectivity index (χ1) is 7.38. The fraction of sp³-hybridized carbons (Fsp3) is 0.625. The van der Waals surface area contributed by atoms with Gasteiger partial charge in [0.2, 0.25) is 5.91 Å². The van der Waals surface area contributed by atoms with Crippen LogP contribution in [0.2, 0.25) is 0 Å². The van der Waals surface area contributed by atoms with Gasteiger partial charge in [-0.1, -0.05) is 0 Å². The van der Waals surface area contributed by atoms with E-state index in [0.29, 0.717) is 0 Å². The number of amides is 2. The summed E-state index contributed by atoms with van der Waals surface area (Å²) in [5.74, 6) is -0.783. The van der Waals surface area contributed by atoms with Crippen LogP contribution in [0.4, 0.5) is 0 Å². The molecule has 0 bridgehead atoms. The van der Waals surface area contributed by atoms with Gasteiger partial charge in [0.15, 0.2) is 0 Å². The fourth-order valence-electron chi connectivity index (χ4n) is 1.09. The molecule has 2 N–H and O–H groups in total. The number of hydrogen-bond donors (Lipinski definition) is 2. The van der Waals surface area contributed by atoms with Crippen LogP contribution in [-0.2, 0) is 19.4 Å². The third-order valence-corrected chi connectivity index (χ3v) is 2.87. The van der Waals surface area contributed by atoms with Crippen molar-refractivity contribution in [1.29, 1.82) is 0 Å². The van der Waals surface area contributed by atoms with E-state index in [2.05, 4.69) is 15.8 Å². The first-order valence-electron chi connectivity index (χ1n) is 4.70. The maximum atomic E-state index is 11.4. The highest BCUT2D eigenvalue weighted by atomic mass is 32.2. The summed E-state index contributed by atoms with van der Waals surface area (Å²) in [7, 11) is -3.08. The highest BCUT2D eigenvalue weighted by Crippen LogP contribution is 1.99.